The van der Waals surface area contributed by atoms with E-state index in [4.69, 9.17) is 5.11 Å². The lowest BCUT2D eigenvalue weighted by Crippen LogP contribution is -1.95. The quantitative estimate of drug-likeness (QED) is 0.213. The van der Waals surface area contributed by atoms with Crippen molar-refractivity contribution in [3.63, 3.8) is 0 Å². The van der Waals surface area contributed by atoms with Crippen LogP contribution in [0.2, 0.25) is 0 Å². The third kappa shape index (κ3) is 31.4. The molecule has 0 aliphatic rings. The predicted octanol–water partition coefficient (Wildman–Crippen LogP) is 13.1. The summed E-state index contributed by atoms with van der Waals surface area (Å²) in [5.41, 5.74) is 7.05. The van der Waals surface area contributed by atoms with Crippen LogP contribution in [0.15, 0.2) is 59.5 Å². The highest BCUT2D eigenvalue weighted by atomic mass is 32.2. The van der Waals surface area contributed by atoms with E-state index in [1.54, 1.807) is 13.8 Å². The van der Waals surface area contributed by atoms with E-state index in [2.05, 4.69) is 96.8 Å². The first-order valence-electron chi connectivity index (χ1n) is 16.7. The SMILES string of the molecule is C=C(C)C.CC.CCCC(C)=O.CCCC[C@@H](C)c1ccccc1SC.CC[C@H](C)O.CCc1ccc(C)c(C(C)C)c1. The number of allylic oxidation sites excluding steroid dienone is 1. The van der Waals surface area contributed by atoms with Gasteiger partial charge in [0.05, 0.1) is 6.10 Å². The lowest BCUT2D eigenvalue weighted by molar-refractivity contribution is -0.117. The van der Waals surface area contributed by atoms with Crippen LogP contribution >= 0.6 is 11.8 Å². The number of hydrogen-bond acceptors (Lipinski definition) is 3. The summed E-state index contributed by atoms with van der Waals surface area (Å²) in [4.78, 5) is 11.5. The zero-order valence-electron chi connectivity index (χ0n) is 31.2. The number of carbonyl (C=O) groups excluding carboxylic acids is 1. The van der Waals surface area contributed by atoms with E-state index >= 15 is 0 Å². The fourth-order valence-corrected chi connectivity index (χ4v) is 4.34. The average Bonchev–Trinajstić information content (AvgIpc) is 2.97. The van der Waals surface area contributed by atoms with E-state index in [1.165, 1.54) is 52.0 Å². The Labute approximate surface area is 274 Å². The first-order valence-corrected chi connectivity index (χ1v) is 18.0. The van der Waals surface area contributed by atoms with E-state index < -0.39 is 0 Å². The molecule has 0 fully saturated rings. The molecule has 0 radical (unpaired) electrons. The number of unbranched alkanes of at least 4 members (excludes halogenated alkanes) is 1. The molecule has 0 aliphatic carbocycles. The van der Waals surface area contributed by atoms with Crippen molar-refractivity contribution in [1.82, 2.24) is 0 Å². The van der Waals surface area contributed by atoms with Gasteiger partial charge in [-0.15, -0.1) is 18.3 Å². The molecule has 2 aromatic carbocycles. The molecule has 43 heavy (non-hydrogen) atoms. The van der Waals surface area contributed by atoms with Gasteiger partial charge in [-0.1, -0.05) is 117 Å². The van der Waals surface area contributed by atoms with Crippen molar-refractivity contribution in [2.45, 2.75) is 165 Å². The first-order chi connectivity index (χ1) is 20.2. The molecule has 0 unspecified atom stereocenters. The van der Waals surface area contributed by atoms with Crippen molar-refractivity contribution >= 4 is 17.5 Å². The van der Waals surface area contributed by atoms with Crippen molar-refractivity contribution < 1.29 is 9.90 Å². The molecule has 0 heterocycles. The molecule has 0 saturated heterocycles. The lowest BCUT2D eigenvalue weighted by atomic mass is 9.95. The Balaban J connectivity index is -0.000000236. The smallest absolute Gasteiger partial charge is 0.129 e. The van der Waals surface area contributed by atoms with Crippen LogP contribution in [-0.2, 0) is 11.2 Å². The van der Waals surface area contributed by atoms with Gasteiger partial charge in [-0.25, -0.2) is 0 Å². The van der Waals surface area contributed by atoms with Crippen molar-refractivity contribution in [2.24, 2.45) is 0 Å². The lowest BCUT2D eigenvalue weighted by Gasteiger charge is -2.14. The Hall–Kier alpha value is -1.84. The van der Waals surface area contributed by atoms with Gasteiger partial charge >= 0.3 is 0 Å². The Morgan fingerprint density at radius 3 is 1.74 bits per heavy atom. The maximum absolute atomic E-state index is 10.0. The van der Waals surface area contributed by atoms with Gasteiger partial charge in [0.2, 0.25) is 0 Å². The van der Waals surface area contributed by atoms with Gasteiger partial charge in [-0.3, -0.25) is 0 Å². The fraction of sp³-hybridized carbons (Fsp3) is 0.625. The third-order valence-electron chi connectivity index (χ3n) is 6.23. The number of ketones is 1. The van der Waals surface area contributed by atoms with E-state index in [1.807, 2.05) is 53.3 Å². The maximum atomic E-state index is 10.0. The molecule has 250 valence electrons. The van der Waals surface area contributed by atoms with E-state index in [0.717, 1.165) is 25.7 Å². The highest BCUT2D eigenvalue weighted by molar-refractivity contribution is 7.98. The van der Waals surface area contributed by atoms with Crippen LogP contribution in [0.1, 0.15) is 163 Å². The van der Waals surface area contributed by atoms with Gasteiger partial charge in [-0.2, -0.15) is 0 Å². The molecular formula is C40H72O2S. The molecule has 0 spiro atoms. The summed E-state index contributed by atoms with van der Waals surface area (Å²) in [6.07, 6.45) is 9.71. The molecule has 1 N–H and O–H groups in total. The topological polar surface area (TPSA) is 37.3 Å². The molecule has 3 heteroatoms. The minimum atomic E-state index is -0.116. The van der Waals surface area contributed by atoms with Crippen LogP contribution in [0, 0.1) is 6.92 Å². The Morgan fingerprint density at radius 1 is 0.884 bits per heavy atom. The molecule has 2 nitrogen and oxygen atoms in total. The standard InChI is InChI=1S/C13H20S.C12H18.C5H10O.C4H10O.C4H8.C2H6/c1-4-5-8-11(2)12-9-6-7-10-13(12)14-3;1-5-11-7-6-10(4)12(8-11)9(2)3;1-3-4-5(2)6;1-3-4(2)5;1-4(2)3;1-2/h6-7,9-11H,4-5,8H2,1-3H3;6-9H,5H2,1-4H3;3-4H2,1-2H3;4-5H,3H2,1-2H3;1H2,2-3H3;1-2H3/t11-;;;4-;;/m1..0../s1. The Morgan fingerprint density at radius 2 is 1.40 bits per heavy atom. The highest BCUT2D eigenvalue weighted by Gasteiger charge is 2.08. The second kappa shape index (κ2) is 33.1. The van der Waals surface area contributed by atoms with E-state index in [0.29, 0.717) is 11.8 Å². The van der Waals surface area contributed by atoms with Crippen molar-refractivity contribution in [3.05, 3.63) is 76.9 Å². The van der Waals surface area contributed by atoms with Gasteiger partial charge in [0, 0.05) is 11.3 Å². The van der Waals surface area contributed by atoms with Gasteiger partial charge in [0.1, 0.15) is 5.78 Å². The summed E-state index contributed by atoms with van der Waals surface area (Å²) in [6, 6.07) is 15.6. The summed E-state index contributed by atoms with van der Waals surface area (Å²) in [5, 5.41) is 8.36. The Bertz CT molecular complexity index is 910. The zero-order chi connectivity index (χ0) is 34.4. The minimum Gasteiger partial charge on any atom is -0.393 e. The molecule has 0 saturated carbocycles. The second-order valence-corrected chi connectivity index (χ2v) is 12.2. The van der Waals surface area contributed by atoms with Gasteiger partial charge in [-0.05, 0) is 107 Å². The van der Waals surface area contributed by atoms with Gasteiger partial charge < -0.3 is 9.90 Å². The maximum Gasteiger partial charge on any atom is 0.129 e. The number of Topliss-reactive ketones (excluding diaryl/α,β-unsaturated/α-hetero) is 1. The van der Waals surface area contributed by atoms with Gasteiger partial charge in [0.15, 0.2) is 0 Å². The summed E-state index contributed by atoms with van der Waals surface area (Å²) in [7, 11) is 0. The van der Waals surface area contributed by atoms with Crippen LogP contribution in [0.3, 0.4) is 0 Å². The van der Waals surface area contributed by atoms with Crippen LogP contribution in [0.4, 0.5) is 0 Å². The molecule has 2 atom stereocenters. The van der Waals surface area contributed by atoms with Gasteiger partial charge in [0.25, 0.3) is 0 Å². The molecule has 2 rings (SSSR count). The number of aliphatic hydroxyl groups is 1. The number of rotatable bonds is 10. The largest absolute Gasteiger partial charge is 0.393 e. The fourth-order valence-electron chi connectivity index (χ4n) is 3.62. The number of carbonyl (C=O) groups is 1. The van der Waals surface area contributed by atoms with E-state index in [-0.39, 0.29) is 11.9 Å². The summed E-state index contributed by atoms with van der Waals surface area (Å²) < 4.78 is 0. The zero-order valence-corrected chi connectivity index (χ0v) is 32.0. The van der Waals surface area contributed by atoms with Crippen LogP contribution in [0.5, 0.6) is 0 Å². The minimum absolute atomic E-state index is 0.116. The molecule has 0 amide bonds. The highest BCUT2D eigenvalue weighted by Crippen LogP contribution is 2.29. The van der Waals surface area contributed by atoms with Crippen LogP contribution < -0.4 is 0 Å². The predicted molar refractivity (Wildman–Crippen MR) is 200 cm³/mol. The Kier molecular flexibility index (Phi) is 37.0. The summed E-state index contributed by atoms with van der Waals surface area (Å²) >= 11 is 1.86. The first kappa shape index (κ1) is 48.1. The molecule has 0 aliphatic heterocycles. The molecule has 0 bridgehead atoms. The van der Waals surface area contributed by atoms with Crippen LogP contribution in [0.25, 0.3) is 0 Å². The number of aryl methyl sites for hydroxylation is 2. The van der Waals surface area contributed by atoms with Crippen molar-refractivity contribution in [2.75, 3.05) is 6.26 Å². The number of benzene rings is 2. The molecule has 2 aromatic rings. The monoisotopic (exact) mass is 617 g/mol. The normalized spacial score (nSPS) is 10.8. The third-order valence-corrected chi connectivity index (χ3v) is 7.04. The van der Waals surface area contributed by atoms with Crippen molar-refractivity contribution in [1.29, 1.82) is 0 Å². The van der Waals surface area contributed by atoms with E-state index in [9.17, 15) is 4.79 Å². The second-order valence-electron chi connectivity index (χ2n) is 11.4. The number of hydrogen-bond donors (Lipinski definition) is 1. The summed E-state index contributed by atoms with van der Waals surface area (Å²) in [6.45, 7) is 32.3. The summed E-state index contributed by atoms with van der Waals surface area (Å²) in [5.74, 6) is 1.65. The van der Waals surface area contributed by atoms with Crippen LogP contribution in [-0.4, -0.2) is 23.2 Å². The number of thioether (sulfide) groups is 1. The molecular weight excluding hydrogens is 545 g/mol. The van der Waals surface area contributed by atoms with Crippen molar-refractivity contribution in [3.8, 4) is 0 Å². The molecule has 0 aromatic heterocycles. The number of aliphatic hydroxyl groups excluding tert-OH is 1. The average molecular weight is 617 g/mol.